The molecule has 3 aromatic carbocycles. The van der Waals surface area contributed by atoms with Crippen LogP contribution >= 0.6 is 11.6 Å². The molecule has 0 saturated heterocycles. The number of rotatable bonds is 9. The number of halogens is 1. The van der Waals surface area contributed by atoms with Gasteiger partial charge in [-0.05, 0) is 86.4 Å². The van der Waals surface area contributed by atoms with E-state index >= 15 is 0 Å². The monoisotopic (exact) mass is 572 g/mol. The van der Waals surface area contributed by atoms with Crippen molar-refractivity contribution in [2.75, 3.05) is 18.4 Å². The minimum Gasteiger partial charge on any atom is -0.480 e. The molecule has 0 radical (unpaired) electrons. The van der Waals surface area contributed by atoms with Gasteiger partial charge in [0.25, 0.3) is 0 Å². The molecular weight excluding hydrogens is 536 g/mol. The molecule has 9 N–H and O–H groups in total. The first-order chi connectivity index (χ1) is 19.0. The largest absolute Gasteiger partial charge is 0.480 e. The average Bonchev–Trinajstić information content (AvgIpc) is 2.94. The fourth-order valence-electron chi connectivity index (χ4n) is 2.71. The molecular formula is C29H37ClN4O6. The Morgan fingerprint density at radius 2 is 1.48 bits per heavy atom. The Labute approximate surface area is 239 Å². The number of carboxylic acids is 2. The molecule has 0 aliphatic heterocycles. The van der Waals surface area contributed by atoms with Crippen molar-refractivity contribution in [2.24, 2.45) is 17.2 Å². The number of hydrogen-bond donors (Lipinski definition) is 6. The molecule has 0 fully saturated rings. The van der Waals surface area contributed by atoms with Gasteiger partial charge in [-0.2, -0.15) is 0 Å². The smallest absolute Gasteiger partial charge is 0.335 e. The zero-order valence-corrected chi connectivity index (χ0v) is 23.1. The molecule has 11 heteroatoms. The third-order valence-corrected chi connectivity index (χ3v) is 5.02. The van der Waals surface area contributed by atoms with Crippen LogP contribution in [0.15, 0.2) is 78.9 Å². The molecule has 0 saturated carbocycles. The highest BCUT2D eigenvalue weighted by Gasteiger charge is 2.08. The molecule has 216 valence electrons. The number of hydrogen-bond acceptors (Lipinski definition) is 7. The van der Waals surface area contributed by atoms with E-state index in [0.717, 1.165) is 19.3 Å². The summed E-state index contributed by atoms with van der Waals surface area (Å²) in [4.78, 5) is 41.1. The second kappa shape index (κ2) is 21.8. The maximum Gasteiger partial charge on any atom is 0.335 e. The van der Waals surface area contributed by atoms with Gasteiger partial charge in [-0.1, -0.05) is 41.9 Å². The van der Waals surface area contributed by atoms with Crippen LogP contribution in [0.1, 0.15) is 46.0 Å². The van der Waals surface area contributed by atoms with E-state index in [9.17, 15) is 19.2 Å². The number of carbonyl (C=O) groups is 4. The number of carbonyl (C=O) groups excluding carboxylic acids is 2. The van der Waals surface area contributed by atoms with Crippen LogP contribution in [-0.2, 0) is 16.0 Å². The summed E-state index contributed by atoms with van der Waals surface area (Å²) in [6.07, 6.45) is 2.89. The first-order valence-electron chi connectivity index (χ1n) is 12.3. The van der Waals surface area contributed by atoms with Gasteiger partial charge in [-0.25, -0.2) is 4.79 Å². The Kier molecular flexibility index (Phi) is 19.6. The van der Waals surface area contributed by atoms with Crippen LogP contribution in [0, 0.1) is 0 Å². The first kappa shape index (κ1) is 35.9. The lowest BCUT2D eigenvalue weighted by atomic mass is 10.2. The second-order valence-corrected chi connectivity index (χ2v) is 8.57. The van der Waals surface area contributed by atoms with E-state index in [1.54, 1.807) is 36.4 Å². The van der Waals surface area contributed by atoms with Gasteiger partial charge in [-0.15, -0.1) is 0 Å². The molecule has 40 heavy (non-hydrogen) atoms. The van der Waals surface area contributed by atoms with Crippen LogP contribution in [0.5, 0.6) is 0 Å². The minimum atomic E-state index is -0.955. The molecule has 3 aromatic rings. The first-order valence-corrected chi connectivity index (χ1v) is 12.7. The summed E-state index contributed by atoms with van der Waals surface area (Å²) >= 11 is 5.52. The molecule has 10 nitrogen and oxygen atoms in total. The van der Waals surface area contributed by atoms with E-state index in [4.69, 9.17) is 39.0 Å². The van der Waals surface area contributed by atoms with Crippen molar-refractivity contribution in [3.63, 3.8) is 0 Å². The van der Waals surface area contributed by atoms with Crippen molar-refractivity contribution in [1.82, 2.24) is 0 Å². The second-order valence-electron chi connectivity index (χ2n) is 8.13. The van der Waals surface area contributed by atoms with Gasteiger partial charge in [0.1, 0.15) is 12.3 Å². The molecule has 1 atom stereocenters. The molecule has 0 aliphatic rings. The number of aromatic carboxylic acids is 1. The number of aldehydes is 1. The summed E-state index contributed by atoms with van der Waals surface area (Å²) in [5.74, 6) is -2.01. The summed E-state index contributed by atoms with van der Waals surface area (Å²) < 4.78 is 0. The summed E-state index contributed by atoms with van der Waals surface area (Å²) in [5.41, 5.74) is 18.5. The van der Waals surface area contributed by atoms with E-state index in [1.807, 2.05) is 18.2 Å². The predicted molar refractivity (Wildman–Crippen MR) is 158 cm³/mol. The van der Waals surface area contributed by atoms with Crippen LogP contribution in [0.2, 0.25) is 5.02 Å². The van der Waals surface area contributed by atoms with Crippen molar-refractivity contribution in [2.45, 2.75) is 32.2 Å². The topological polar surface area (TPSA) is 199 Å². The van der Waals surface area contributed by atoms with Gasteiger partial charge in [0.05, 0.1) is 5.56 Å². The van der Waals surface area contributed by atoms with Gasteiger partial charge in [-0.3, -0.25) is 14.4 Å². The predicted octanol–water partition coefficient (Wildman–Crippen LogP) is 3.82. The molecule has 1 unspecified atom stereocenters. The maximum atomic E-state index is 10.6. The molecule has 0 heterocycles. The van der Waals surface area contributed by atoms with E-state index in [-0.39, 0.29) is 11.5 Å². The number of nitrogens with one attached hydrogen (secondary N) is 1. The number of carboxylic acid groups (broad SMARTS) is 2. The molecule has 0 bridgehead atoms. The van der Waals surface area contributed by atoms with Crippen LogP contribution < -0.4 is 22.5 Å². The lowest BCUT2D eigenvalue weighted by molar-refractivity contribution is -0.138. The fraction of sp³-hybridized carbons (Fsp3) is 0.241. The van der Waals surface area contributed by atoms with Crippen LogP contribution in [-0.4, -0.2) is 53.5 Å². The Balaban J connectivity index is 0.000000511. The Bertz CT molecular complexity index is 1140. The fourth-order valence-corrected chi connectivity index (χ4v) is 2.84. The SMILES string of the molecule is CC(=O)Nc1ccc(C=O)cc1.NCCCC(N)C(=O)O.NCCc1ccccc1.O=C(O)c1ccc(Cl)cc1. The average molecular weight is 573 g/mol. The highest BCUT2D eigenvalue weighted by atomic mass is 35.5. The Morgan fingerprint density at radius 3 is 1.90 bits per heavy atom. The molecule has 0 aliphatic carbocycles. The number of amides is 1. The van der Waals surface area contributed by atoms with Crippen molar-refractivity contribution in [1.29, 1.82) is 0 Å². The number of nitrogens with two attached hydrogens (primary N) is 3. The van der Waals surface area contributed by atoms with Gasteiger partial charge in [0.15, 0.2) is 0 Å². The highest BCUT2D eigenvalue weighted by molar-refractivity contribution is 6.30. The summed E-state index contributed by atoms with van der Waals surface area (Å²) in [6, 6.07) is 22.2. The summed E-state index contributed by atoms with van der Waals surface area (Å²) in [6.45, 7) is 2.68. The number of aliphatic carboxylic acids is 1. The molecule has 1 amide bonds. The lowest BCUT2D eigenvalue weighted by Gasteiger charge is -2.02. The zero-order chi connectivity index (χ0) is 30.3. The standard InChI is InChI=1S/C9H9NO2.C8H11N.C7H5ClO2.C5H12N2O2/c1-7(12)10-9-4-2-8(6-11)3-5-9;9-7-6-8-4-2-1-3-5-8;8-6-3-1-5(2-4-6)7(9)10;6-3-1-2-4(7)5(8)9/h2-6H,1H3,(H,10,12);1-5H,6-7,9H2;1-4H,(H,9,10);4H,1-3,6-7H2,(H,8,9). The Hall–Kier alpha value is -4.09. The summed E-state index contributed by atoms with van der Waals surface area (Å²) in [7, 11) is 0. The van der Waals surface area contributed by atoms with E-state index < -0.39 is 18.0 Å². The third-order valence-electron chi connectivity index (χ3n) is 4.77. The van der Waals surface area contributed by atoms with Crippen LogP contribution in [0.25, 0.3) is 0 Å². The van der Waals surface area contributed by atoms with Crippen molar-refractivity contribution in [3.8, 4) is 0 Å². The van der Waals surface area contributed by atoms with Crippen molar-refractivity contribution >= 4 is 41.4 Å². The quantitative estimate of drug-likeness (QED) is 0.206. The minimum absolute atomic E-state index is 0.117. The number of benzene rings is 3. The normalized spacial score (nSPS) is 10.1. The van der Waals surface area contributed by atoms with Gasteiger partial charge >= 0.3 is 11.9 Å². The van der Waals surface area contributed by atoms with Gasteiger partial charge in [0.2, 0.25) is 5.91 Å². The third kappa shape index (κ3) is 18.2. The van der Waals surface area contributed by atoms with E-state index in [0.29, 0.717) is 35.7 Å². The maximum absolute atomic E-state index is 10.6. The molecule has 0 spiro atoms. The number of anilines is 1. The zero-order valence-electron chi connectivity index (χ0n) is 22.3. The van der Waals surface area contributed by atoms with E-state index in [1.165, 1.54) is 24.6 Å². The Morgan fingerprint density at radius 1 is 0.900 bits per heavy atom. The van der Waals surface area contributed by atoms with Gasteiger partial charge in [0, 0.05) is 23.2 Å². The van der Waals surface area contributed by atoms with Crippen LogP contribution in [0.3, 0.4) is 0 Å². The molecule has 3 rings (SSSR count). The summed E-state index contributed by atoms with van der Waals surface area (Å²) in [5, 5.41) is 19.8. The molecule has 0 aromatic heterocycles. The van der Waals surface area contributed by atoms with Crippen molar-refractivity contribution < 1.29 is 29.4 Å². The van der Waals surface area contributed by atoms with Crippen LogP contribution in [0.4, 0.5) is 5.69 Å². The van der Waals surface area contributed by atoms with Gasteiger partial charge < -0.3 is 32.7 Å². The van der Waals surface area contributed by atoms with Crippen molar-refractivity contribution in [3.05, 3.63) is 101 Å². The highest BCUT2D eigenvalue weighted by Crippen LogP contribution is 2.09. The lowest BCUT2D eigenvalue weighted by Crippen LogP contribution is -2.30. The van der Waals surface area contributed by atoms with E-state index in [2.05, 4.69) is 17.4 Å².